The average molecular weight is 333 g/mol. The van der Waals surface area contributed by atoms with E-state index in [0.29, 0.717) is 6.04 Å². The van der Waals surface area contributed by atoms with E-state index in [1.54, 1.807) is 0 Å². The Hall–Kier alpha value is -1.09. The largest absolute Gasteiger partial charge is 0.360 e. The molecule has 23 heavy (non-hydrogen) atoms. The average Bonchev–Trinajstić information content (AvgIpc) is 2.50. The third kappa shape index (κ3) is 7.83. The predicted octanol–water partition coefficient (Wildman–Crippen LogP) is 5.95. The van der Waals surface area contributed by atoms with E-state index in [9.17, 15) is 0 Å². The summed E-state index contributed by atoms with van der Waals surface area (Å²) in [6.45, 7) is 2.11. The van der Waals surface area contributed by atoms with Gasteiger partial charge in [0.2, 0.25) is 0 Å². The maximum absolute atomic E-state index is 5.52. The Labute approximate surface area is 147 Å². The highest BCUT2D eigenvalue weighted by atomic mass is 32.1. The summed E-state index contributed by atoms with van der Waals surface area (Å²) in [5, 5.41) is 7.67. The zero-order valence-electron chi connectivity index (χ0n) is 14.6. The first-order valence-corrected chi connectivity index (χ1v) is 9.79. The third-order valence-electron chi connectivity index (χ3n) is 4.72. The summed E-state index contributed by atoms with van der Waals surface area (Å²) in [5.41, 5.74) is 2.33. The number of aryl methyl sites for hydroxylation is 1. The van der Waals surface area contributed by atoms with Crippen molar-refractivity contribution in [1.29, 1.82) is 0 Å². The van der Waals surface area contributed by atoms with Crippen LogP contribution in [-0.2, 0) is 0 Å². The predicted molar refractivity (Wildman–Crippen MR) is 105 cm³/mol. The molecule has 1 aromatic rings. The topological polar surface area (TPSA) is 24.1 Å². The summed E-state index contributed by atoms with van der Waals surface area (Å²) in [6, 6.07) is 8.90. The fraction of sp³-hybridized carbons (Fsp3) is 0.650. The number of hydrogen-bond acceptors (Lipinski definition) is 1. The van der Waals surface area contributed by atoms with Crippen molar-refractivity contribution in [3.63, 3.8) is 0 Å². The fourth-order valence-electron chi connectivity index (χ4n) is 3.38. The van der Waals surface area contributed by atoms with Crippen LogP contribution in [0.5, 0.6) is 0 Å². The number of anilines is 1. The molecule has 0 atom stereocenters. The van der Waals surface area contributed by atoms with E-state index >= 15 is 0 Å². The van der Waals surface area contributed by atoms with Crippen LogP contribution in [-0.4, -0.2) is 11.2 Å². The van der Waals surface area contributed by atoms with Crippen molar-refractivity contribution in [2.45, 2.75) is 83.6 Å². The zero-order chi connectivity index (χ0) is 16.3. The molecule has 1 fully saturated rings. The Morgan fingerprint density at radius 3 is 2.04 bits per heavy atom. The molecule has 128 valence electrons. The van der Waals surface area contributed by atoms with E-state index in [2.05, 4.69) is 41.8 Å². The molecule has 0 saturated heterocycles. The number of nitrogens with one attached hydrogen (secondary N) is 2. The first kappa shape index (κ1) is 18.3. The molecule has 0 unspecified atom stereocenters. The van der Waals surface area contributed by atoms with Crippen molar-refractivity contribution in [3.8, 4) is 0 Å². The highest BCUT2D eigenvalue weighted by Crippen LogP contribution is 2.17. The Morgan fingerprint density at radius 2 is 1.48 bits per heavy atom. The van der Waals surface area contributed by atoms with Gasteiger partial charge in [0.1, 0.15) is 0 Å². The van der Waals surface area contributed by atoms with Crippen LogP contribution < -0.4 is 10.6 Å². The second-order valence-electron chi connectivity index (χ2n) is 6.92. The van der Waals surface area contributed by atoms with Crippen LogP contribution in [0.1, 0.15) is 76.2 Å². The summed E-state index contributed by atoms with van der Waals surface area (Å²) in [4.78, 5) is 0. The van der Waals surface area contributed by atoms with Gasteiger partial charge in [0, 0.05) is 11.7 Å². The smallest absolute Gasteiger partial charge is 0.170 e. The monoisotopic (exact) mass is 332 g/mol. The molecule has 2 N–H and O–H groups in total. The van der Waals surface area contributed by atoms with Gasteiger partial charge < -0.3 is 10.6 Å². The fourth-order valence-corrected chi connectivity index (χ4v) is 3.67. The number of thiocarbonyl (C=S) groups is 1. The van der Waals surface area contributed by atoms with Crippen LogP contribution in [0.4, 0.5) is 5.69 Å². The first-order valence-electron chi connectivity index (χ1n) is 9.38. The van der Waals surface area contributed by atoms with Crippen molar-refractivity contribution in [2.24, 2.45) is 0 Å². The second kappa shape index (κ2) is 10.6. The molecule has 0 radical (unpaired) electrons. The van der Waals surface area contributed by atoms with Crippen molar-refractivity contribution >= 4 is 23.0 Å². The van der Waals surface area contributed by atoms with Crippen molar-refractivity contribution < 1.29 is 0 Å². The number of benzene rings is 1. The first-order chi connectivity index (χ1) is 11.2. The number of rotatable bonds is 2. The molecule has 1 saturated carbocycles. The molecule has 2 nitrogen and oxygen atoms in total. The molecule has 0 aromatic heterocycles. The molecular formula is C20H32N2S. The normalized spacial score (nSPS) is 18.5. The molecular weight excluding hydrogens is 300 g/mol. The second-order valence-corrected chi connectivity index (χ2v) is 7.33. The minimum Gasteiger partial charge on any atom is -0.360 e. The van der Waals surface area contributed by atoms with Gasteiger partial charge in [0.05, 0.1) is 0 Å². The lowest BCUT2D eigenvalue weighted by atomic mass is 9.98. The van der Waals surface area contributed by atoms with E-state index in [1.165, 1.54) is 76.2 Å². The van der Waals surface area contributed by atoms with Gasteiger partial charge in [-0.2, -0.15) is 0 Å². The third-order valence-corrected chi connectivity index (χ3v) is 4.94. The van der Waals surface area contributed by atoms with E-state index < -0.39 is 0 Å². The van der Waals surface area contributed by atoms with Gasteiger partial charge in [-0.1, -0.05) is 69.9 Å². The summed E-state index contributed by atoms with van der Waals surface area (Å²) >= 11 is 5.52. The van der Waals surface area contributed by atoms with Crippen LogP contribution in [0.3, 0.4) is 0 Å². The van der Waals surface area contributed by atoms with Crippen LogP contribution in [0.2, 0.25) is 0 Å². The minimum atomic E-state index is 0.527. The van der Waals surface area contributed by atoms with Crippen LogP contribution in [0, 0.1) is 6.92 Å². The van der Waals surface area contributed by atoms with Gasteiger partial charge in [-0.3, -0.25) is 0 Å². The van der Waals surface area contributed by atoms with Crippen LogP contribution >= 0.6 is 12.2 Å². The van der Waals surface area contributed by atoms with Gasteiger partial charge in [0.15, 0.2) is 5.11 Å². The van der Waals surface area contributed by atoms with E-state index in [1.807, 2.05) is 0 Å². The molecule has 2 rings (SSSR count). The Kier molecular flexibility index (Phi) is 8.44. The summed E-state index contributed by atoms with van der Waals surface area (Å²) in [6.07, 6.45) is 15.0. The lowest BCUT2D eigenvalue weighted by Gasteiger charge is -2.21. The van der Waals surface area contributed by atoms with Crippen molar-refractivity contribution in [1.82, 2.24) is 5.32 Å². The quantitative estimate of drug-likeness (QED) is 0.654. The molecule has 1 aliphatic rings. The maximum atomic E-state index is 5.52. The standard InChI is InChI=1S/C20H32N2S/c1-17-12-11-15-19(16-17)22-20(23)21-18-13-9-7-5-3-2-4-6-8-10-14-18/h11-12,15-16,18H,2-10,13-14H2,1H3,(H2,21,22,23). The lowest BCUT2D eigenvalue weighted by molar-refractivity contribution is 0.444. The highest BCUT2D eigenvalue weighted by Gasteiger charge is 2.11. The minimum absolute atomic E-state index is 0.527. The van der Waals surface area contributed by atoms with Gasteiger partial charge in [0.25, 0.3) is 0 Å². The Bertz CT molecular complexity index is 460. The summed E-state index contributed by atoms with van der Waals surface area (Å²) in [7, 11) is 0. The SMILES string of the molecule is Cc1cccc(NC(=S)NC2CCCCCCCCCCC2)c1. The van der Waals surface area contributed by atoms with Crippen LogP contribution in [0.15, 0.2) is 24.3 Å². The molecule has 0 amide bonds. The summed E-state index contributed by atoms with van der Waals surface area (Å²) < 4.78 is 0. The molecule has 1 aliphatic carbocycles. The Morgan fingerprint density at radius 1 is 0.913 bits per heavy atom. The van der Waals surface area contributed by atoms with Crippen molar-refractivity contribution in [3.05, 3.63) is 29.8 Å². The van der Waals surface area contributed by atoms with Gasteiger partial charge in [-0.25, -0.2) is 0 Å². The van der Waals surface area contributed by atoms with Crippen molar-refractivity contribution in [2.75, 3.05) is 5.32 Å². The molecule has 0 bridgehead atoms. The van der Waals surface area contributed by atoms with Gasteiger partial charge in [-0.05, 0) is 49.7 Å². The maximum Gasteiger partial charge on any atom is 0.170 e. The van der Waals surface area contributed by atoms with E-state index in [0.717, 1.165) is 10.8 Å². The van der Waals surface area contributed by atoms with E-state index in [4.69, 9.17) is 12.2 Å². The Balaban J connectivity index is 1.80. The lowest BCUT2D eigenvalue weighted by Crippen LogP contribution is -2.37. The number of hydrogen-bond donors (Lipinski definition) is 2. The molecule has 1 aromatic carbocycles. The summed E-state index contributed by atoms with van der Waals surface area (Å²) in [5.74, 6) is 0. The van der Waals surface area contributed by atoms with E-state index in [-0.39, 0.29) is 0 Å². The molecule has 0 heterocycles. The van der Waals surface area contributed by atoms with Gasteiger partial charge >= 0.3 is 0 Å². The van der Waals surface area contributed by atoms with Gasteiger partial charge in [-0.15, -0.1) is 0 Å². The molecule has 0 aliphatic heterocycles. The molecule has 3 heteroatoms. The zero-order valence-corrected chi connectivity index (χ0v) is 15.4. The highest BCUT2D eigenvalue weighted by molar-refractivity contribution is 7.80. The molecule has 0 spiro atoms. The van der Waals surface area contributed by atoms with Crippen LogP contribution in [0.25, 0.3) is 0 Å².